The lowest BCUT2D eigenvalue weighted by molar-refractivity contribution is 0.0917. The standard InChI is InChI=1S/C26H46N4O4/c1-5-7-9-11-13-19-29(3)21-33-25(31)27-23-15-17-24(18-16-23)28-26(32)34-22-30(4)20-14-12-10-8-6-2/h15-18H,5-14,19-22H2,1-4H3,(H,27,31)(H,28,32). The number of carbonyl (C=O) groups is 2. The molecule has 0 aromatic heterocycles. The quantitative estimate of drug-likeness (QED) is 0.185. The molecule has 8 nitrogen and oxygen atoms in total. The van der Waals surface area contributed by atoms with Gasteiger partial charge in [-0.25, -0.2) is 9.59 Å². The van der Waals surface area contributed by atoms with E-state index in [1.807, 2.05) is 23.9 Å². The summed E-state index contributed by atoms with van der Waals surface area (Å²) in [6.45, 7) is 6.71. The molecule has 0 aliphatic carbocycles. The van der Waals surface area contributed by atoms with Crippen LogP contribution in [0, 0.1) is 0 Å². The van der Waals surface area contributed by atoms with Gasteiger partial charge in [0.05, 0.1) is 0 Å². The molecule has 8 heteroatoms. The lowest BCUT2D eigenvalue weighted by Crippen LogP contribution is -2.27. The van der Waals surface area contributed by atoms with Gasteiger partial charge in [0.2, 0.25) is 0 Å². The maximum atomic E-state index is 12.0. The highest BCUT2D eigenvalue weighted by Crippen LogP contribution is 2.14. The van der Waals surface area contributed by atoms with Crippen molar-refractivity contribution in [2.24, 2.45) is 0 Å². The zero-order chi connectivity index (χ0) is 25.0. The van der Waals surface area contributed by atoms with Crippen LogP contribution in [-0.2, 0) is 9.47 Å². The summed E-state index contributed by atoms with van der Waals surface area (Å²) in [5.41, 5.74) is 1.18. The van der Waals surface area contributed by atoms with E-state index in [9.17, 15) is 9.59 Å². The largest absolute Gasteiger partial charge is 0.433 e. The third-order valence-electron chi connectivity index (χ3n) is 5.50. The van der Waals surface area contributed by atoms with Crippen LogP contribution in [-0.4, -0.2) is 62.6 Å². The molecular weight excluding hydrogens is 432 g/mol. The molecule has 0 spiro atoms. The lowest BCUT2D eigenvalue weighted by Gasteiger charge is -2.17. The first-order valence-electron chi connectivity index (χ1n) is 12.8. The Balaban J connectivity index is 2.21. The van der Waals surface area contributed by atoms with Crippen molar-refractivity contribution in [3.05, 3.63) is 24.3 Å². The summed E-state index contributed by atoms with van der Waals surface area (Å²) in [4.78, 5) is 28.0. The lowest BCUT2D eigenvalue weighted by atomic mass is 10.1. The number of hydrogen-bond donors (Lipinski definition) is 2. The highest BCUT2D eigenvalue weighted by Gasteiger charge is 2.08. The molecule has 0 atom stereocenters. The molecule has 1 aromatic rings. The first-order valence-corrected chi connectivity index (χ1v) is 12.8. The molecule has 0 aliphatic heterocycles. The Morgan fingerprint density at radius 1 is 0.647 bits per heavy atom. The summed E-state index contributed by atoms with van der Waals surface area (Å²) in [6, 6.07) is 6.82. The van der Waals surface area contributed by atoms with E-state index in [4.69, 9.17) is 9.47 Å². The highest BCUT2D eigenvalue weighted by atomic mass is 16.6. The van der Waals surface area contributed by atoms with Gasteiger partial charge < -0.3 is 9.47 Å². The number of anilines is 2. The minimum atomic E-state index is -0.504. The van der Waals surface area contributed by atoms with Crippen LogP contribution in [0.1, 0.15) is 78.1 Å². The fourth-order valence-electron chi connectivity index (χ4n) is 3.38. The third kappa shape index (κ3) is 15.5. The van der Waals surface area contributed by atoms with Crippen molar-refractivity contribution in [2.75, 3.05) is 51.3 Å². The molecule has 34 heavy (non-hydrogen) atoms. The Morgan fingerprint density at radius 3 is 1.35 bits per heavy atom. The van der Waals surface area contributed by atoms with E-state index in [-0.39, 0.29) is 13.5 Å². The van der Waals surface area contributed by atoms with Crippen LogP contribution >= 0.6 is 0 Å². The van der Waals surface area contributed by atoms with Gasteiger partial charge in [0, 0.05) is 24.5 Å². The van der Waals surface area contributed by atoms with Crippen LogP contribution in [0.25, 0.3) is 0 Å². The SMILES string of the molecule is CCCCCCCN(C)COC(=O)Nc1ccc(NC(=O)OCN(C)CCCCCCC)cc1. The van der Waals surface area contributed by atoms with E-state index in [0.29, 0.717) is 11.4 Å². The zero-order valence-corrected chi connectivity index (χ0v) is 21.7. The smallest absolute Gasteiger partial charge is 0.412 e. The van der Waals surface area contributed by atoms with E-state index < -0.39 is 12.2 Å². The minimum absolute atomic E-state index is 0.248. The predicted octanol–water partition coefficient (Wildman–Crippen LogP) is 6.50. The molecule has 194 valence electrons. The second kappa shape index (κ2) is 19.0. The molecule has 0 radical (unpaired) electrons. The first kappa shape index (κ1) is 29.7. The van der Waals surface area contributed by atoms with E-state index in [1.165, 1.54) is 51.4 Å². The molecule has 0 heterocycles. The van der Waals surface area contributed by atoms with Gasteiger partial charge in [0.25, 0.3) is 0 Å². The average molecular weight is 479 g/mol. The van der Waals surface area contributed by atoms with Crippen LogP contribution < -0.4 is 10.6 Å². The summed E-state index contributed by atoms with van der Waals surface area (Å²) in [5, 5.41) is 5.39. The first-order chi connectivity index (χ1) is 16.4. The number of ether oxygens (including phenoxy) is 2. The van der Waals surface area contributed by atoms with Gasteiger partial charge in [-0.05, 0) is 51.2 Å². The van der Waals surface area contributed by atoms with Gasteiger partial charge in [-0.3, -0.25) is 20.4 Å². The number of hydrogen-bond acceptors (Lipinski definition) is 6. The van der Waals surface area contributed by atoms with E-state index >= 15 is 0 Å². The van der Waals surface area contributed by atoms with E-state index in [2.05, 4.69) is 24.5 Å². The van der Waals surface area contributed by atoms with Gasteiger partial charge in [-0.1, -0.05) is 65.2 Å². The van der Waals surface area contributed by atoms with Crippen LogP contribution in [0.5, 0.6) is 0 Å². The normalized spacial score (nSPS) is 11.0. The Hall–Kier alpha value is -2.32. The van der Waals surface area contributed by atoms with Crippen LogP contribution in [0.4, 0.5) is 21.0 Å². The van der Waals surface area contributed by atoms with Crippen LogP contribution in [0.3, 0.4) is 0 Å². The summed E-state index contributed by atoms with van der Waals surface area (Å²) in [5.74, 6) is 0. The number of nitrogens with one attached hydrogen (secondary N) is 2. The molecule has 0 unspecified atom stereocenters. The molecule has 1 aromatic carbocycles. The number of rotatable bonds is 18. The minimum Gasteiger partial charge on any atom is -0.433 e. The van der Waals surface area contributed by atoms with Crippen molar-refractivity contribution in [2.45, 2.75) is 78.1 Å². The molecule has 1 rings (SSSR count). The zero-order valence-electron chi connectivity index (χ0n) is 21.7. The molecule has 2 N–H and O–H groups in total. The fourth-order valence-corrected chi connectivity index (χ4v) is 3.38. The number of unbranched alkanes of at least 4 members (excludes halogenated alkanes) is 8. The van der Waals surface area contributed by atoms with Gasteiger partial charge in [0.1, 0.15) is 13.5 Å². The van der Waals surface area contributed by atoms with E-state index in [0.717, 1.165) is 25.9 Å². The number of benzene rings is 1. The second-order valence-corrected chi connectivity index (χ2v) is 8.94. The van der Waals surface area contributed by atoms with Crippen LogP contribution in [0.15, 0.2) is 24.3 Å². The maximum Gasteiger partial charge on any atom is 0.412 e. The van der Waals surface area contributed by atoms with Crippen molar-refractivity contribution >= 4 is 23.6 Å². The molecular formula is C26H46N4O4. The van der Waals surface area contributed by atoms with Crippen molar-refractivity contribution in [1.29, 1.82) is 0 Å². The Morgan fingerprint density at radius 2 is 1.00 bits per heavy atom. The Labute approximate surface area is 206 Å². The summed E-state index contributed by atoms with van der Waals surface area (Å²) in [7, 11) is 3.88. The summed E-state index contributed by atoms with van der Waals surface area (Å²) >= 11 is 0. The average Bonchev–Trinajstić information content (AvgIpc) is 2.82. The van der Waals surface area contributed by atoms with Gasteiger partial charge >= 0.3 is 12.2 Å². The summed E-state index contributed by atoms with van der Waals surface area (Å²) < 4.78 is 10.5. The second-order valence-electron chi connectivity index (χ2n) is 8.94. The molecule has 2 amide bonds. The number of carbonyl (C=O) groups excluding carboxylic acids is 2. The number of nitrogens with zero attached hydrogens (tertiary/aromatic N) is 2. The Bertz CT molecular complexity index is 612. The molecule has 0 aliphatic rings. The van der Waals surface area contributed by atoms with Crippen molar-refractivity contribution in [1.82, 2.24) is 9.80 Å². The van der Waals surface area contributed by atoms with Crippen molar-refractivity contribution < 1.29 is 19.1 Å². The predicted molar refractivity (Wildman–Crippen MR) is 139 cm³/mol. The topological polar surface area (TPSA) is 83.1 Å². The molecule has 0 saturated carbocycles. The summed E-state index contributed by atoms with van der Waals surface area (Å²) in [6.07, 6.45) is 11.1. The Kier molecular flexibility index (Phi) is 16.6. The fraction of sp³-hybridized carbons (Fsp3) is 0.692. The van der Waals surface area contributed by atoms with Gasteiger partial charge in [-0.15, -0.1) is 0 Å². The van der Waals surface area contributed by atoms with E-state index in [1.54, 1.807) is 24.3 Å². The monoisotopic (exact) mass is 478 g/mol. The maximum absolute atomic E-state index is 12.0. The highest BCUT2D eigenvalue weighted by molar-refractivity contribution is 5.87. The van der Waals surface area contributed by atoms with Gasteiger partial charge in [-0.2, -0.15) is 0 Å². The molecule has 0 saturated heterocycles. The van der Waals surface area contributed by atoms with Crippen LogP contribution in [0.2, 0.25) is 0 Å². The number of amides is 2. The molecule has 0 bridgehead atoms. The van der Waals surface area contributed by atoms with Crippen molar-refractivity contribution in [3.8, 4) is 0 Å². The third-order valence-corrected chi connectivity index (χ3v) is 5.50. The van der Waals surface area contributed by atoms with Crippen molar-refractivity contribution in [3.63, 3.8) is 0 Å². The van der Waals surface area contributed by atoms with Gasteiger partial charge in [0.15, 0.2) is 0 Å². The molecule has 0 fully saturated rings.